The summed E-state index contributed by atoms with van der Waals surface area (Å²) >= 11 is 1.39. The van der Waals surface area contributed by atoms with Crippen LogP contribution in [0.4, 0.5) is 0 Å². The van der Waals surface area contributed by atoms with Gasteiger partial charge in [0.1, 0.15) is 16.5 Å². The molecular weight excluding hydrogens is 277 g/mol. The number of hydrogen-bond acceptors (Lipinski definition) is 6. The van der Waals surface area contributed by atoms with E-state index in [0.29, 0.717) is 22.8 Å². The van der Waals surface area contributed by atoms with E-state index in [0.717, 1.165) is 5.56 Å². The SMILES string of the molecule is C=C(O)c1cccc2c1OB(O)[C@@H](Sc1c[nH]nn1)C2. The molecule has 2 aromatic rings. The molecule has 1 aliphatic rings. The largest absolute Gasteiger partial charge is 0.537 e. The van der Waals surface area contributed by atoms with Crippen LogP contribution in [-0.2, 0) is 6.42 Å². The molecule has 3 N–H and O–H groups in total. The number of benzene rings is 1. The molecular formula is C12H12BN3O3S. The lowest BCUT2D eigenvalue weighted by atomic mass is 9.77. The minimum absolute atomic E-state index is 0.0725. The highest BCUT2D eigenvalue weighted by Gasteiger charge is 2.37. The Morgan fingerprint density at radius 2 is 2.40 bits per heavy atom. The summed E-state index contributed by atoms with van der Waals surface area (Å²) in [6.45, 7) is 3.50. The molecule has 1 atom stereocenters. The maximum atomic E-state index is 10.1. The van der Waals surface area contributed by atoms with Crippen LogP contribution < -0.4 is 4.65 Å². The first-order chi connectivity index (χ1) is 9.65. The summed E-state index contributed by atoms with van der Waals surface area (Å²) in [6.07, 6.45) is 2.27. The van der Waals surface area contributed by atoms with E-state index in [1.54, 1.807) is 12.3 Å². The molecule has 0 saturated carbocycles. The van der Waals surface area contributed by atoms with E-state index in [9.17, 15) is 10.1 Å². The molecule has 1 aliphatic heterocycles. The van der Waals surface area contributed by atoms with E-state index in [-0.39, 0.29) is 10.9 Å². The lowest BCUT2D eigenvalue weighted by Crippen LogP contribution is -2.40. The van der Waals surface area contributed by atoms with Crippen LogP contribution in [0.3, 0.4) is 0 Å². The molecule has 8 heteroatoms. The Morgan fingerprint density at radius 1 is 1.55 bits per heavy atom. The molecule has 0 aliphatic carbocycles. The quantitative estimate of drug-likeness (QED) is 0.585. The Balaban J connectivity index is 1.87. The van der Waals surface area contributed by atoms with Crippen LogP contribution >= 0.6 is 11.8 Å². The first-order valence-electron chi connectivity index (χ1n) is 6.03. The average molecular weight is 289 g/mol. The number of fused-ring (bicyclic) bond motifs is 1. The van der Waals surface area contributed by atoms with Crippen LogP contribution in [0.25, 0.3) is 5.76 Å². The Labute approximate surface area is 120 Å². The lowest BCUT2D eigenvalue weighted by molar-refractivity contribution is 0.392. The zero-order chi connectivity index (χ0) is 14.1. The van der Waals surface area contributed by atoms with Gasteiger partial charge >= 0.3 is 7.12 Å². The molecule has 2 heterocycles. The van der Waals surface area contributed by atoms with Crippen molar-refractivity contribution in [2.24, 2.45) is 0 Å². The third-order valence-corrected chi connectivity index (χ3v) is 4.19. The standard InChI is InChI=1S/C12H12BN3O3S/c1-7(17)9-4-2-3-8-5-10(13(18)19-12(8)9)20-11-6-14-16-15-11/h2-4,6,10,17-18H,1,5H2,(H,14,15,16)/t10-/m0/s1. The van der Waals surface area contributed by atoms with Crippen LogP contribution in [0, 0.1) is 0 Å². The van der Waals surface area contributed by atoms with Crippen molar-refractivity contribution >= 4 is 24.6 Å². The van der Waals surface area contributed by atoms with E-state index in [1.165, 1.54) is 11.8 Å². The Morgan fingerprint density at radius 3 is 3.10 bits per heavy atom. The molecule has 6 nitrogen and oxygen atoms in total. The van der Waals surface area contributed by atoms with Gasteiger partial charge in [0.2, 0.25) is 0 Å². The number of para-hydroxylation sites is 1. The summed E-state index contributed by atoms with van der Waals surface area (Å²) in [7, 11) is -0.982. The molecule has 20 heavy (non-hydrogen) atoms. The van der Waals surface area contributed by atoms with Crippen molar-refractivity contribution in [1.29, 1.82) is 0 Å². The van der Waals surface area contributed by atoms with Crippen molar-refractivity contribution in [1.82, 2.24) is 15.4 Å². The fourth-order valence-electron chi connectivity index (χ4n) is 2.13. The first kappa shape index (κ1) is 13.1. The van der Waals surface area contributed by atoms with Gasteiger partial charge in [-0.15, -0.1) is 16.9 Å². The van der Waals surface area contributed by atoms with E-state index < -0.39 is 7.12 Å². The van der Waals surface area contributed by atoms with Gasteiger partial charge in [-0.05, 0) is 18.1 Å². The van der Waals surface area contributed by atoms with Gasteiger partial charge in [0.25, 0.3) is 0 Å². The number of aromatic amines is 1. The van der Waals surface area contributed by atoms with Gasteiger partial charge in [0.15, 0.2) is 0 Å². The third kappa shape index (κ3) is 2.39. The summed E-state index contributed by atoms with van der Waals surface area (Å²) in [5, 5.41) is 30.3. The van der Waals surface area contributed by atoms with Crippen molar-refractivity contribution < 1.29 is 14.8 Å². The van der Waals surface area contributed by atoms with Crippen molar-refractivity contribution in [2.75, 3.05) is 0 Å². The van der Waals surface area contributed by atoms with E-state index in [4.69, 9.17) is 4.65 Å². The second-order valence-corrected chi connectivity index (χ2v) is 5.68. The zero-order valence-electron chi connectivity index (χ0n) is 10.5. The van der Waals surface area contributed by atoms with Gasteiger partial charge in [-0.25, -0.2) is 0 Å². The fraction of sp³-hybridized carbons (Fsp3) is 0.167. The van der Waals surface area contributed by atoms with Gasteiger partial charge in [-0.2, -0.15) is 0 Å². The molecule has 0 unspecified atom stereocenters. The van der Waals surface area contributed by atoms with Crippen LogP contribution in [0.5, 0.6) is 5.75 Å². The maximum Gasteiger partial charge on any atom is 0.537 e. The van der Waals surface area contributed by atoms with Crippen molar-refractivity contribution in [2.45, 2.75) is 16.6 Å². The number of aliphatic hydroxyl groups is 1. The molecule has 1 aromatic carbocycles. The summed E-state index contributed by atoms with van der Waals surface area (Å²) in [6, 6.07) is 5.44. The molecule has 0 radical (unpaired) electrons. The Hall–Kier alpha value is -1.93. The molecule has 0 amide bonds. The number of nitrogens with one attached hydrogen (secondary N) is 1. The number of hydrogen-bond donors (Lipinski definition) is 3. The molecule has 0 bridgehead atoms. The van der Waals surface area contributed by atoms with E-state index in [1.807, 2.05) is 12.1 Å². The fourth-order valence-corrected chi connectivity index (χ4v) is 3.08. The molecule has 0 saturated heterocycles. The summed E-state index contributed by atoms with van der Waals surface area (Å²) in [5.41, 5.74) is 1.43. The van der Waals surface area contributed by atoms with Gasteiger partial charge in [0, 0.05) is 0 Å². The highest BCUT2D eigenvalue weighted by molar-refractivity contribution is 8.01. The molecule has 0 spiro atoms. The summed E-state index contributed by atoms with van der Waals surface area (Å²) in [4.78, 5) is 0. The smallest absolute Gasteiger partial charge is 0.535 e. The van der Waals surface area contributed by atoms with Gasteiger partial charge in [-0.3, -0.25) is 5.10 Å². The number of thioether (sulfide) groups is 1. The molecule has 1 aromatic heterocycles. The van der Waals surface area contributed by atoms with E-state index >= 15 is 0 Å². The molecule has 102 valence electrons. The van der Waals surface area contributed by atoms with E-state index in [2.05, 4.69) is 22.0 Å². The lowest BCUT2D eigenvalue weighted by Gasteiger charge is -2.27. The summed E-state index contributed by atoms with van der Waals surface area (Å²) < 4.78 is 5.54. The van der Waals surface area contributed by atoms with Crippen molar-refractivity contribution in [3.8, 4) is 5.75 Å². The number of rotatable bonds is 3. The van der Waals surface area contributed by atoms with Crippen LogP contribution in [0.1, 0.15) is 11.1 Å². The van der Waals surface area contributed by atoms with Gasteiger partial charge < -0.3 is 14.8 Å². The second-order valence-electron chi connectivity index (χ2n) is 4.42. The minimum atomic E-state index is -0.982. The van der Waals surface area contributed by atoms with Crippen molar-refractivity contribution in [3.63, 3.8) is 0 Å². The number of aromatic nitrogens is 3. The van der Waals surface area contributed by atoms with Crippen LogP contribution in [-0.4, -0.2) is 37.8 Å². The molecule has 0 fully saturated rings. The number of H-pyrrole nitrogens is 1. The highest BCUT2D eigenvalue weighted by atomic mass is 32.2. The third-order valence-electron chi connectivity index (χ3n) is 3.05. The predicted octanol–water partition coefficient (Wildman–Crippen LogP) is 1.45. The molecule has 3 rings (SSSR count). The van der Waals surface area contributed by atoms with Crippen LogP contribution in [0.2, 0.25) is 0 Å². The normalized spacial score (nSPS) is 17.4. The Bertz CT molecular complexity index is 635. The highest BCUT2D eigenvalue weighted by Crippen LogP contribution is 2.37. The predicted molar refractivity (Wildman–Crippen MR) is 76.4 cm³/mol. The zero-order valence-corrected chi connectivity index (χ0v) is 11.3. The maximum absolute atomic E-state index is 10.1. The number of nitrogens with zero attached hydrogens (tertiary/aromatic N) is 2. The average Bonchev–Trinajstić information content (AvgIpc) is 2.91. The Kier molecular flexibility index (Phi) is 3.41. The van der Waals surface area contributed by atoms with Crippen LogP contribution in [0.15, 0.2) is 36.0 Å². The first-order valence-corrected chi connectivity index (χ1v) is 6.91. The van der Waals surface area contributed by atoms with Gasteiger partial charge in [0.05, 0.1) is 16.9 Å². The number of aliphatic hydroxyl groups excluding tert-OH is 1. The minimum Gasteiger partial charge on any atom is -0.535 e. The second kappa shape index (κ2) is 5.22. The van der Waals surface area contributed by atoms with Crippen molar-refractivity contribution in [3.05, 3.63) is 42.1 Å². The summed E-state index contributed by atoms with van der Waals surface area (Å²) in [5.74, 6) is 0.418. The topological polar surface area (TPSA) is 91.3 Å². The van der Waals surface area contributed by atoms with Gasteiger partial charge in [-0.1, -0.05) is 23.9 Å². The monoisotopic (exact) mass is 289 g/mol.